The first-order valence-electron chi connectivity index (χ1n) is 9.01. The Morgan fingerprint density at radius 1 is 1.28 bits per heavy atom. The summed E-state index contributed by atoms with van der Waals surface area (Å²) in [6.07, 6.45) is 1.94. The molecule has 2 aliphatic rings. The number of aromatic amines is 1. The number of rotatable bonds is 4. The third kappa shape index (κ3) is 3.04. The molecule has 2 fully saturated rings. The van der Waals surface area contributed by atoms with Crippen LogP contribution in [0.25, 0.3) is 11.0 Å². The Morgan fingerprint density at radius 3 is 2.80 bits per heavy atom. The van der Waals surface area contributed by atoms with Crippen molar-refractivity contribution in [2.24, 2.45) is 0 Å². The number of morpholine rings is 1. The molecule has 4 rings (SSSR count). The van der Waals surface area contributed by atoms with Gasteiger partial charge in [0.2, 0.25) is 0 Å². The number of aliphatic hydroxyl groups is 1. The maximum absolute atomic E-state index is 12.3. The minimum Gasteiger partial charge on any atom is -0.448 e. The Bertz CT molecular complexity index is 814. The predicted octanol–water partition coefficient (Wildman–Crippen LogP) is 0.166. The summed E-state index contributed by atoms with van der Waals surface area (Å²) in [7, 11) is 0. The predicted molar refractivity (Wildman–Crippen MR) is 95.7 cm³/mol. The van der Waals surface area contributed by atoms with Crippen LogP contribution in [0.5, 0.6) is 0 Å². The van der Waals surface area contributed by atoms with Crippen LogP contribution in [0.3, 0.4) is 0 Å². The zero-order chi connectivity index (χ0) is 17.4. The smallest absolute Gasteiger partial charge is 0.327 e. The highest BCUT2D eigenvalue weighted by Gasteiger charge is 2.45. The lowest BCUT2D eigenvalue weighted by molar-refractivity contribution is 0.0364. The fraction of sp³-hybridized carbons (Fsp3) is 0.588. The molecule has 0 radical (unpaired) electrons. The van der Waals surface area contributed by atoms with Crippen LogP contribution in [0.4, 0.5) is 0 Å². The summed E-state index contributed by atoms with van der Waals surface area (Å²) in [5, 5.41) is 20.9. The maximum Gasteiger partial charge on any atom is 0.327 e. The zero-order valence-corrected chi connectivity index (χ0v) is 14.3. The number of benzene rings is 1. The molecule has 1 unspecified atom stereocenters. The van der Waals surface area contributed by atoms with Crippen molar-refractivity contribution in [2.45, 2.75) is 31.2 Å². The molecule has 1 atom stereocenters. The second-order valence-electron chi connectivity index (χ2n) is 7.10. The van der Waals surface area contributed by atoms with Crippen molar-refractivity contribution in [3.63, 3.8) is 0 Å². The molecule has 2 aliphatic heterocycles. The van der Waals surface area contributed by atoms with Gasteiger partial charge < -0.3 is 19.9 Å². The molecule has 0 bridgehead atoms. The van der Waals surface area contributed by atoms with Crippen molar-refractivity contribution < 1.29 is 14.9 Å². The highest BCUT2D eigenvalue weighted by molar-refractivity contribution is 6.54. The summed E-state index contributed by atoms with van der Waals surface area (Å²) in [5.41, 5.74) is 0.863. The summed E-state index contributed by atoms with van der Waals surface area (Å²) in [6, 6.07) is 5.50. The summed E-state index contributed by atoms with van der Waals surface area (Å²) >= 11 is 0. The minimum atomic E-state index is -1.21. The molecule has 25 heavy (non-hydrogen) atoms. The molecule has 3 N–H and O–H groups in total. The zero-order valence-electron chi connectivity index (χ0n) is 14.3. The Labute approximate surface area is 146 Å². The number of H-pyrrole nitrogens is 1. The van der Waals surface area contributed by atoms with Gasteiger partial charge >= 0.3 is 12.6 Å². The molecule has 7 nitrogen and oxygen atoms in total. The minimum absolute atomic E-state index is 0.139. The van der Waals surface area contributed by atoms with Gasteiger partial charge in [0.05, 0.1) is 29.7 Å². The molecule has 8 heteroatoms. The van der Waals surface area contributed by atoms with Gasteiger partial charge in [0.15, 0.2) is 0 Å². The van der Waals surface area contributed by atoms with Crippen LogP contribution < -0.4 is 5.69 Å². The first kappa shape index (κ1) is 16.8. The Kier molecular flexibility index (Phi) is 4.45. The number of fused-ring (bicyclic) bond motifs is 1. The van der Waals surface area contributed by atoms with Crippen molar-refractivity contribution in [2.75, 3.05) is 32.8 Å². The van der Waals surface area contributed by atoms with Crippen molar-refractivity contribution in [3.8, 4) is 0 Å². The average Bonchev–Trinajstić information content (AvgIpc) is 3.13. The van der Waals surface area contributed by atoms with Crippen molar-refractivity contribution in [3.05, 3.63) is 34.2 Å². The van der Waals surface area contributed by atoms with Crippen molar-refractivity contribution in [1.29, 1.82) is 0 Å². The lowest BCUT2D eigenvalue weighted by Crippen LogP contribution is -2.39. The first-order chi connectivity index (χ1) is 12.1. The second kappa shape index (κ2) is 6.61. The van der Waals surface area contributed by atoms with E-state index in [1.54, 1.807) is 10.6 Å². The Morgan fingerprint density at radius 2 is 2.08 bits per heavy atom. The number of nitrogens with zero attached hydrogens (tertiary/aromatic N) is 2. The fourth-order valence-corrected chi connectivity index (χ4v) is 4.03. The first-order valence-corrected chi connectivity index (χ1v) is 9.01. The van der Waals surface area contributed by atoms with Gasteiger partial charge in [0.1, 0.15) is 0 Å². The van der Waals surface area contributed by atoms with Gasteiger partial charge in [0.25, 0.3) is 0 Å². The van der Waals surface area contributed by atoms with Gasteiger partial charge in [-0.15, -0.1) is 0 Å². The van der Waals surface area contributed by atoms with E-state index < -0.39 is 12.4 Å². The highest BCUT2D eigenvalue weighted by atomic mass is 16.5. The van der Waals surface area contributed by atoms with E-state index in [9.17, 15) is 14.9 Å². The topological polar surface area (TPSA) is 90.7 Å². The van der Waals surface area contributed by atoms with E-state index in [0.717, 1.165) is 44.8 Å². The highest BCUT2D eigenvalue weighted by Crippen LogP contribution is 2.37. The van der Waals surface area contributed by atoms with E-state index in [1.807, 2.05) is 12.1 Å². The normalized spacial score (nSPS) is 25.1. The van der Waals surface area contributed by atoms with Crippen LogP contribution in [-0.2, 0) is 16.8 Å². The van der Waals surface area contributed by atoms with Crippen LogP contribution >= 0.6 is 0 Å². The summed E-state index contributed by atoms with van der Waals surface area (Å²) in [5.74, 6) is 0. The third-order valence-electron chi connectivity index (χ3n) is 5.60. The van der Waals surface area contributed by atoms with Crippen LogP contribution in [0.1, 0.15) is 18.4 Å². The van der Waals surface area contributed by atoms with Gasteiger partial charge in [-0.05, 0) is 30.4 Å². The third-order valence-corrected chi connectivity index (χ3v) is 5.60. The van der Waals surface area contributed by atoms with Gasteiger partial charge in [-0.1, -0.05) is 12.5 Å². The standard InChI is InChI=1S/C17H24BN3O4/c22-16-19-14-12-13(17(23)4-1-5-18(17)24)2-3-15(14)21(16)7-6-20-8-10-25-11-9-20/h2-3,12,23-24H,1,4-11H2,(H,19,22). The molecule has 2 saturated heterocycles. The number of hydrogen-bond acceptors (Lipinski definition) is 5. The van der Waals surface area contributed by atoms with E-state index in [2.05, 4.69) is 9.88 Å². The van der Waals surface area contributed by atoms with E-state index in [4.69, 9.17) is 4.74 Å². The fourth-order valence-electron chi connectivity index (χ4n) is 4.03. The van der Waals surface area contributed by atoms with Crippen LogP contribution in [0, 0.1) is 0 Å². The van der Waals surface area contributed by atoms with Crippen LogP contribution in [0.15, 0.2) is 23.0 Å². The van der Waals surface area contributed by atoms with Gasteiger partial charge in [-0.3, -0.25) is 9.47 Å². The monoisotopic (exact) mass is 345 g/mol. The van der Waals surface area contributed by atoms with Crippen molar-refractivity contribution >= 4 is 17.9 Å². The van der Waals surface area contributed by atoms with E-state index >= 15 is 0 Å². The lowest BCUT2D eigenvalue weighted by atomic mass is 9.53. The maximum atomic E-state index is 12.3. The number of nitrogens with one attached hydrogen (secondary N) is 1. The molecule has 0 aliphatic carbocycles. The average molecular weight is 345 g/mol. The second-order valence-corrected chi connectivity index (χ2v) is 7.10. The van der Waals surface area contributed by atoms with Gasteiger partial charge in [-0.2, -0.15) is 0 Å². The molecule has 1 aromatic heterocycles. The molecule has 1 aromatic carbocycles. The number of aromatic nitrogens is 2. The molecular formula is C17H24BN3O4. The lowest BCUT2D eigenvalue weighted by Gasteiger charge is -2.26. The number of ether oxygens (including phenoxy) is 1. The molecular weight excluding hydrogens is 321 g/mol. The Hall–Kier alpha value is -1.61. The van der Waals surface area contributed by atoms with Gasteiger partial charge in [-0.25, -0.2) is 4.79 Å². The number of imidazole rings is 1. The molecule has 0 saturated carbocycles. The Balaban J connectivity index is 1.59. The van der Waals surface area contributed by atoms with Crippen molar-refractivity contribution in [1.82, 2.24) is 14.5 Å². The van der Waals surface area contributed by atoms with Gasteiger partial charge in [0, 0.05) is 26.2 Å². The van der Waals surface area contributed by atoms with E-state index in [-0.39, 0.29) is 5.69 Å². The summed E-state index contributed by atoms with van der Waals surface area (Å²) in [6.45, 7) is 3.95. The molecule has 3 heterocycles. The van der Waals surface area contributed by atoms with E-state index in [0.29, 0.717) is 30.4 Å². The molecule has 2 aromatic rings. The molecule has 134 valence electrons. The molecule has 0 spiro atoms. The van der Waals surface area contributed by atoms with Crippen LogP contribution in [-0.4, -0.2) is 64.3 Å². The SMILES string of the molecule is O=c1[nH]c2cc(C3(O)CCCB3O)ccc2n1CCN1CCOCC1. The number of hydrogen-bond donors (Lipinski definition) is 3. The quantitative estimate of drug-likeness (QED) is 0.687. The molecule has 0 amide bonds. The summed E-state index contributed by atoms with van der Waals surface area (Å²) < 4.78 is 7.09. The van der Waals surface area contributed by atoms with Crippen LogP contribution in [0.2, 0.25) is 6.32 Å². The largest absolute Gasteiger partial charge is 0.448 e. The summed E-state index contributed by atoms with van der Waals surface area (Å²) in [4.78, 5) is 17.5. The van der Waals surface area contributed by atoms with E-state index in [1.165, 1.54) is 0 Å².